The second kappa shape index (κ2) is 14.5. The van der Waals surface area contributed by atoms with Crippen molar-refractivity contribution in [1.82, 2.24) is 10.2 Å². The van der Waals surface area contributed by atoms with Gasteiger partial charge in [0.25, 0.3) is 10.0 Å². The molecule has 0 spiro atoms. The Morgan fingerprint density at radius 1 is 0.927 bits per heavy atom. The number of nitrogens with one attached hydrogen (secondary N) is 1. The zero-order chi connectivity index (χ0) is 30.2. The van der Waals surface area contributed by atoms with Crippen molar-refractivity contribution in [2.75, 3.05) is 24.0 Å². The van der Waals surface area contributed by atoms with E-state index in [1.807, 2.05) is 52.0 Å². The van der Waals surface area contributed by atoms with Crippen molar-refractivity contribution in [3.8, 4) is 5.75 Å². The Kier molecular flexibility index (Phi) is 11.4. The number of aryl methyl sites for hydroxylation is 1. The summed E-state index contributed by atoms with van der Waals surface area (Å²) in [6.07, 6.45) is 0. The minimum Gasteiger partial charge on any atom is -0.494 e. The molecule has 3 aromatic carbocycles. The molecule has 0 aliphatic rings. The summed E-state index contributed by atoms with van der Waals surface area (Å²) >= 11 is 3.42. The number of nitrogens with zero attached hydrogens (tertiary/aromatic N) is 2. The largest absolute Gasteiger partial charge is 0.494 e. The van der Waals surface area contributed by atoms with Crippen LogP contribution in [-0.4, -0.2) is 50.9 Å². The molecule has 0 unspecified atom stereocenters. The quantitative estimate of drug-likeness (QED) is 0.264. The molecule has 1 N–H and O–H groups in total. The number of hydrogen-bond donors (Lipinski definition) is 1. The van der Waals surface area contributed by atoms with E-state index in [2.05, 4.69) is 21.2 Å². The number of carbonyl (C=O) groups excluding carboxylic acids is 2. The third-order valence-corrected chi connectivity index (χ3v) is 8.76. The topological polar surface area (TPSA) is 96.0 Å². The molecule has 0 aliphatic heterocycles. The highest BCUT2D eigenvalue weighted by Gasteiger charge is 2.32. The highest BCUT2D eigenvalue weighted by Crippen LogP contribution is 2.26. The van der Waals surface area contributed by atoms with Crippen molar-refractivity contribution >= 4 is 43.5 Å². The van der Waals surface area contributed by atoms with Gasteiger partial charge in [-0.05, 0) is 80.8 Å². The molecule has 0 aliphatic carbocycles. The molecule has 2 amide bonds. The standard InChI is InChI=1S/C31H38BrN3O5S/c1-6-40-28-15-17-29(18-16-28)41(38,39)35(27-13-7-23(4)8-14-27)21-30(36)34(20-25-9-11-26(32)12-10-25)24(5)31(37)33-19-22(2)3/h7-18,22,24H,6,19-21H2,1-5H3,(H,33,37)/t24-/m0/s1. The predicted molar refractivity (Wildman–Crippen MR) is 165 cm³/mol. The molecule has 220 valence electrons. The van der Waals surface area contributed by atoms with Crippen molar-refractivity contribution in [2.24, 2.45) is 5.92 Å². The molecule has 0 heterocycles. The molecule has 10 heteroatoms. The molecule has 0 bridgehead atoms. The Bertz CT molecular complexity index is 1410. The van der Waals surface area contributed by atoms with Crippen molar-refractivity contribution in [2.45, 2.75) is 52.1 Å². The van der Waals surface area contributed by atoms with Gasteiger partial charge in [-0.25, -0.2) is 8.42 Å². The summed E-state index contributed by atoms with van der Waals surface area (Å²) in [4.78, 5) is 28.5. The van der Waals surface area contributed by atoms with Gasteiger partial charge in [-0.2, -0.15) is 0 Å². The second-order valence-electron chi connectivity index (χ2n) is 10.2. The van der Waals surface area contributed by atoms with Crippen molar-refractivity contribution in [3.63, 3.8) is 0 Å². The van der Waals surface area contributed by atoms with Crippen LogP contribution in [0.3, 0.4) is 0 Å². The SMILES string of the molecule is CCOc1ccc(S(=O)(=O)N(CC(=O)N(Cc2ccc(Br)cc2)[C@@H](C)C(=O)NCC(C)C)c2ccc(C)cc2)cc1. The molecule has 3 rings (SSSR count). The lowest BCUT2D eigenvalue weighted by atomic mass is 10.1. The summed E-state index contributed by atoms with van der Waals surface area (Å²) in [5.41, 5.74) is 2.10. The maximum Gasteiger partial charge on any atom is 0.264 e. The number of sulfonamides is 1. The summed E-state index contributed by atoms with van der Waals surface area (Å²) in [6.45, 7) is 9.94. The smallest absolute Gasteiger partial charge is 0.264 e. The Labute approximate surface area is 251 Å². The molecule has 3 aromatic rings. The Hall–Kier alpha value is -3.37. The molecule has 0 fully saturated rings. The van der Waals surface area contributed by atoms with E-state index in [9.17, 15) is 18.0 Å². The Balaban J connectivity index is 1.99. The minimum absolute atomic E-state index is 0.0245. The van der Waals surface area contributed by atoms with Crippen LogP contribution in [0.15, 0.2) is 82.2 Å². The van der Waals surface area contributed by atoms with Gasteiger partial charge in [-0.1, -0.05) is 59.6 Å². The number of amides is 2. The second-order valence-corrected chi connectivity index (χ2v) is 13.0. The minimum atomic E-state index is -4.15. The Morgan fingerprint density at radius 3 is 2.10 bits per heavy atom. The molecule has 0 saturated heterocycles. The molecule has 0 saturated carbocycles. The Morgan fingerprint density at radius 2 is 1.54 bits per heavy atom. The molecule has 0 radical (unpaired) electrons. The highest BCUT2D eigenvalue weighted by molar-refractivity contribution is 9.10. The van der Waals surface area contributed by atoms with Gasteiger partial charge in [0, 0.05) is 17.6 Å². The van der Waals surface area contributed by atoms with Crippen LogP contribution in [-0.2, 0) is 26.2 Å². The van der Waals surface area contributed by atoms with Crippen LogP contribution >= 0.6 is 15.9 Å². The molecular formula is C31H38BrN3O5S. The van der Waals surface area contributed by atoms with E-state index in [1.165, 1.54) is 17.0 Å². The van der Waals surface area contributed by atoms with Crippen molar-refractivity contribution in [3.05, 3.63) is 88.4 Å². The molecular weight excluding hydrogens is 606 g/mol. The third kappa shape index (κ3) is 8.81. The van der Waals surface area contributed by atoms with Gasteiger partial charge in [-0.3, -0.25) is 13.9 Å². The first-order valence-corrected chi connectivity index (χ1v) is 15.8. The van der Waals surface area contributed by atoms with E-state index in [1.54, 1.807) is 43.3 Å². The molecule has 41 heavy (non-hydrogen) atoms. The van der Waals surface area contributed by atoms with Gasteiger partial charge in [0.2, 0.25) is 11.8 Å². The average molecular weight is 645 g/mol. The number of halogens is 1. The first-order valence-electron chi connectivity index (χ1n) is 13.6. The maximum atomic E-state index is 14.0. The van der Waals surface area contributed by atoms with E-state index < -0.39 is 28.5 Å². The van der Waals surface area contributed by atoms with E-state index in [0.29, 0.717) is 24.6 Å². The van der Waals surface area contributed by atoms with Gasteiger partial charge in [0.05, 0.1) is 17.2 Å². The van der Waals surface area contributed by atoms with Gasteiger partial charge >= 0.3 is 0 Å². The lowest BCUT2D eigenvalue weighted by Gasteiger charge is -2.32. The van der Waals surface area contributed by atoms with Gasteiger partial charge in [0.15, 0.2) is 0 Å². The van der Waals surface area contributed by atoms with E-state index in [-0.39, 0.29) is 23.3 Å². The van der Waals surface area contributed by atoms with Crippen molar-refractivity contribution in [1.29, 1.82) is 0 Å². The number of benzene rings is 3. The zero-order valence-electron chi connectivity index (χ0n) is 24.1. The van der Waals surface area contributed by atoms with Crippen molar-refractivity contribution < 1.29 is 22.7 Å². The van der Waals surface area contributed by atoms with E-state index in [4.69, 9.17) is 4.74 Å². The number of anilines is 1. The van der Waals surface area contributed by atoms with Crippen LogP contribution in [0.1, 0.15) is 38.8 Å². The van der Waals surface area contributed by atoms with Gasteiger partial charge in [0.1, 0.15) is 18.3 Å². The summed E-state index contributed by atoms with van der Waals surface area (Å²) in [6, 6.07) is 19.6. The number of hydrogen-bond acceptors (Lipinski definition) is 5. The highest BCUT2D eigenvalue weighted by atomic mass is 79.9. The molecule has 8 nitrogen and oxygen atoms in total. The third-order valence-electron chi connectivity index (χ3n) is 6.44. The van der Waals surface area contributed by atoms with Crippen LogP contribution in [0.4, 0.5) is 5.69 Å². The normalized spacial score (nSPS) is 12.1. The summed E-state index contributed by atoms with van der Waals surface area (Å²) in [7, 11) is -4.15. The lowest BCUT2D eigenvalue weighted by molar-refractivity contribution is -0.139. The maximum absolute atomic E-state index is 14.0. The van der Waals surface area contributed by atoms with Crippen LogP contribution in [0, 0.1) is 12.8 Å². The molecule has 0 aromatic heterocycles. The lowest BCUT2D eigenvalue weighted by Crippen LogP contribution is -2.51. The van der Waals surface area contributed by atoms with E-state index >= 15 is 0 Å². The number of carbonyl (C=O) groups is 2. The van der Waals surface area contributed by atoms with Gasteiger partial charge < -0.3 is 15.0 Å². The fourth-order valence-electron chi connectivity index (χ4n) is 4.06. The van der Waals surface area contributed by atoms with E-state index in [0.717, 1.165) is 19.9 Å². The molecule has 1 atom stereocenters. The monoisotopic (exact) mass is 643 g/mol. The van der Waals surface area contributed by atoms with Crippen LogP contribution in [0.25, 0.3) is 0 Å². The summed E-state index contributed by atoms with van der Waals surface area (Å²) in [5.74, 6) is -0.0278. The van der Waals surface area contributed by atoms with Crippen LogP contribution < -0.4 is 14.4 Å². The zero-order valence-corrected chi connectivity index (χ0v) is 26.5. The fourth-order valence-corrected chi connectivity index (χ4v) is 5.74. The summed E-state index contributed by atoms with van der Waals surface area (Å²) in [5, 5.41) is 2.89. The first kappa shape index (κ1) is 32.1. The average Bonchev–Trinajstić information content (AvgIpc) is 2.94. The van der Waals surface area contributed by atoms with Crippen LogP contribution in [0.5, 0.6) is 5.75 Å². The fraction of sp³-hybridized carbons (Fsp3) is 0.355. The summed E-state index contributed by atoms with van der Waals surface area (Å²) < 4.78 is 35.3. The predicted octanol–water partition coefficient (Wildman–Crippen LogP) is 5.54. The number of ether oxygens (including phenoxy) is 1. The van der Waals surface area contributed by atoms with Crippen LogP contribution in [0.2, 0.25) is 0 Å². The first-order chi connectivity index (χ1) is 19.4. The number of rotatable bonds is 13. The van der Waals surface area contributed by atoms with Gasteiger partial charge in [-0.15, -0.1) is 0 Å².